The van der Waals surface area contributed by atoms with Crippen LogP contribution in [0.15, 0.2) is 5.11 Å². The van der Waals surface area contributed by atoms with Crippen molar-refractivity contribution in [2.24, 2.45) is 5.11 Å². The second-order valence-electron chi connectivity index (χ2n) is 9.89. The first-order valence-corrected chi connectivity index (χ1v) is 13.7. The average molecular weight is 662 g/mol. The number of carbonyl (C=O) groups excluding carboxylic acids is 7. The summed E-state index contributed by atoms with van der Waals surface area (Å²) in [4.78, 5) is 86.7. The Labute approximate surface area is 261 Å². The summed E-state index contributed by atoms with van der Waals surface area (Å²) in [5.41, 5.74) is 9.13. The number of carbonyl (C=O) groups is 7. The van der Waals surface area contributed by atoms with Gasteiger partial charge >= 0.3 is 41.8 Å². The van der Waals surface area contributed by atoms with Crippen molar-refractivity contribution in [3.8, 4) is 0 Å². The van der Waals surface area contributed by atoms with Crippen molar-refractivity contribution in [1.82, 2.24) is 0 Å². The summed E-state index contributed by atoms with van der Waals surface area (Å²) in [6.45, 7) is 6.05. The number of rotatable bonds is 12. The highest BCUT2D eigenvalue weighted by molar-refractivity contribution is 5.69. The van der Waals surface area contributed by atoms with Crippen LogP contribution in [-0.4, -0.2) is 116 Å². The molecule has 0 spiro atoms. The smallest absolute Gasteiger partial charge is 0.303 e. The Hall–Kier alpha value is -4.52. The lowest BCUT2D eigenvalue weighted by atomic mass is 9.95. The van der Waals surface area contributed by atoms with Crippen LogP contribution < -0.4 is 0 Å². The molecule has 20 nitrogen and oxygen atoms in total. The quantitative estimate of drug-likeness (QED) is 0.0870. The zero-order valence-electron chi connectivity index (χ0n) is 26.0. The normalized spacial score (nSPS) is 30.3. The second-order valence-corrected chi connectivity index (χ2v) is 9.89. The van der Waals surface area contributed by atoms with E-state index in [4.69, 9.17) is 52.9 Å². The molecule has 0 aromatic heterocycles. The van der Waals surface area contributed by atoms with E-state index in [1.54, 1.807) is 0 Å². The van der Waals surface area contributed by atoms with Gasteiger partial charge in [-0.2, -0.15) is 0 Å². The maximum absolute atomic E-state index is 12.2. The molecule has 2 aliphatic heterocycles. The van der Waals surface area contributed by atoms with Gasteiger partial charge in [0.15, 0.2) is 43.0 Å². The van der Waals surface area contributed by atoms with Crippen LogP contribution in [0, 0.1) is 0 Å². The Bertz CT molecular complexity index is 1220. The SMILES string of the molecule is CC(=O)OCC1O[C@@H](O[C@@H]2C(COC(C)=O)O[C@@H](N=[N+]=[N-])C(OC(C)=O)C2OC(C)=O)C(OC(C)=O)C(OC(C)=O)[C@@H]1OC(C)=O. The zero-order valence-corrected chi connectivity index (χ0v) is 26.0. The lowest BCUT2D eigenvalue weighted by molar-refractivity contribution is -0.344. The van der Waals surface area contributed by atoms with Gasteiger partial charge < -0.3 is 47.4 Å². The highest BCUT2D eigenvalue weighted by atomic mass is 16.8. The van der Waals surface area contributed by atoms with E-state index in [9.17, 15) is 33.6 Å². The van der Waals surface area contributed by atoms with E-state index in [1.807, 2.05) is 0 Å². The number of hydrogen-bond donors (Lipinski definition) is 0. The fourth-order valence-corrected chi connectivity index (χ4v) is 4.63. The molecule has 2 saturated heterocycles. The van der Waals surface area contributed by atoms with Crippen LogP contribution >= 0.6 is 0 Å². The van der Waals surface area contributed by atoms with E-state index in [-0.39, 0.29) is 0 Å². The summed E-state index contributed by atoms with van der Waals surface area (Å²) in [6.07, 6.45) is -16.1. The lowest BCUT2D eigenvalue weighted by Crippen LogP contribution is -2.67. The lowest BCUT2D eigenvalue weighted by Gasteiger charge is -2.48. The molecule has 0 aromatic carbocycles. The van der Waals surface area contributed by atoms with Crippen LogP contribution in [0.2, 0.25) is 0 Å². The highest BCUT2D eigenvalue weighted by Gasteiger charge is 2.57. The third-order valence-corrected chi connectivity index (χ3v) is 6.07. The number of nitrogens with zero attached hydrogens (tertiary/aromatic N) is 3. The monoisotopic (exact) mass is 661 g/mol. The molecule has 0 aromatic rings. The molecule has 0 N–H and O–H groups in total. The van der Waals surface area contributed by atoms with Crippen molar-refractivity contribution < 1.29 is 80.9 Å². The molecule has 0 amide bonds. The molecular weight excluding hydrogens is 626 g/mol. The summed E-state index contributed by atoms with van der Waals surface area (Å²) in [5.74, 6) is -6.10. The van der Waals surface area contributed by atoms with Gasteiger partial charge in [0.25, 0.3) is 0 Å². The third-order valence-electron chi connectivity index (χ3n) is 6.07. The summed E-state index contributed by atoms with van der Waals surface area (Å²) in [6, 6.07) is 0. The Morgan fingerprint density at radius 3 is 1.37 bits per heavy atom. The molecule has 0 aliphatic carbocycles. The number of hydrogen-bond acceptors (Lipinski definition) is 18. The predicted molar refractivity (Wildman–Crippen MR) is 142 cm³/mol. The van der Waals surface area contributed by atoms with Gasteiger partial charge in [0, 0.05) is 53.4 Å². The fraction of sp³-hybridized carbons (Fsp3) is 0.731. The van der Waals surface area contributed by atoms with Crippen molar-refractivity contribution >= 4 is 41.8 Å². The summed E-state index contributed by atoms with van der Waals surface area (Å²) < 4.78 is 54.8. The van der Waals surface area contributed by atoms with Gasteiger partial charge in [-0.05, 0) is 5.53 Å². The van der Waals surface area contributed by atoms with Crippen molar-refractivity contribution in [3.05, 3.63) is 10.4 Å². The van der Waals surface area contributed by atoms with Crippen LogP contribution in [0.5, 0.6) is 0 Å². The molecule has 256 valence electrons. The van der Waals surface area contributed by atoms with Crippen LogP contribution in [0.25, 0.3) is 10.4 Å². The molecule has 46 heavy (non-hydrogen) atoms. The maximum atomic E-state index is 12.2. The first-order chi connectivity index (χ1) is 21.5. The van der Waals surface area contributed by atoms with Crippen LogP contribution in [0.3, 0.4) is 0 Å². The molecule has 0 bridgehead atoms. The first kappa shape index (κ1) is 37.7. The fourth-order valence-electron chi connectivity index (χ4n) is 4.63. The van der Waals surface area contributed by atoms with Gasteiger partial charge in [-0.15, -0.1) is 0 Å². The molecule has 2 aliphatic rings. The minimum absolute atomic E-state index is 0.585. The molecule has 2 fully saturated rings. The number of esters is 7. The molecule has 2 heterocycles. The van der Waals surface area contributed by atoms with Crippen molar-refractivity contribution in [2.75, 3.05) is 13.2 Å². The molecule has 20 heteroatoms. The van der Waals surface area contributed by atoms with Crippen molar-refractivity contribution in [2.45, 2.75) is 110 Å². The standard InChI is InChI=1S/C26H35N3O17/c1-10(30)37-8-17-20(21(40-13(4)33)23(42-15(6)35)25(44-17)28-29-27)46-26-24(43-16(7)36)22(41-14(5)34)19(39-12(3)32)18(45-26)9-38-11(2)31/h17-26H,8-9H2,1-7H3/t17?,18?,19-,20-,21?,22?,23?,24?,25-,26+/m1/s1. The molecule has 0 saturated carbocycles. The van der Waals surface area contributed by atoms with E-state index < -0.39 is 116 Å². The Balaban J connectivity index is 2.73. The van der Waals surface area contributed by atoms with Gasteiger partial charge in [-0.1, -0.05) is 5.11 Å². The van der Waals surface area contributed by atoms with E-state index in [0.29, 0.717) is 0 Å². The van der Waals surface area contributed by atoms with E-state index in [2.05, 4.69) is 10.0 Å². The van der Waals surface area contributed by atoms with Gasteiger partial charge in [-0.25, -0.2) is 0 Å². The summed E-state index contributed by atoms with van der Waals surface area (Å²) in [5, 5.41) is 3.46. The largest absolute Gasteiger partial charge is 0.463 e. The van der Waals surface area contributed by atoms with Gasteiger partial charge in [0.2, 0.25) is 0 Å². The van der Waals surface area contributed by atoms with E-state index in [1.165, 1.54) is 0 Å². The maximum Gasteiger partial charge on any atom is 0.303 e. The Morgan fingerprint density at radius 1 is 0.543 bits per heavy atom. The summed E-state index contributed by atoms with van der Waals surface area (Å²) in [7, 11) is 0. The topological polar surface area (TPSA) is 261 Å². The Kier molecular flexibility index (Phi) is 14.1. The zero-order chi connectivity index (χ0) is 34.7. The second kappa shape index (κ2) is 17.2. The Morgan fingerprint density at radius 2 is 0.935 bits per heavy atom. The predicted octanol–water partition coefficient (Wildman–Crippen LogP) is -0.0836. The van der Waals surface area contributed by atoms with Crippen LogP contribution in [-0.2, 0) is 80.9 Å². The highest BCUT2D eigenvalue weighted by Crippen LogP contribution is 2.35. The minimum atomic E-state index is -1.82. The van der Waals surface area contributed by atoms with Gasteiger partial charge in [-0.3, -0.25) is 33.6 Å². The van der Waals surface area contributed by atoms with E-state index in [0.717, 1.165) is 48.5 Å². The van der Waals surface area contributed by atoms with Crippen LogP contribution in [0.1, 0.15) is 48.5 Å². The first-order valence-electron chi connectivity index (χ1n) is 13.7. The summed E-state index contributed by atoms with van der Waals surface area (Å²) >= 11 is 0. The molecule has 0 radical (unpaired) electrons. The van der Waals surface area contributed by atoms with Gasteiger partial charge in [0.1, 0.15) is 31.5 Å². The van der Waals surface area contributed by atoms with Gasteiger partial charge in [0.05, 0.1) is 0 Å². The number of azide groups is 1. The average Bonchev–Trinajstić information content (AvgIpc) is 2.91. The molecular formula is C26H35N3O17. The number of ether oxygens (including phenoxy) is 10. The van der Waals surface area contributed by atoms with Crippen molar-refractivity contribution in [3.63, 3.8) is 0 Å². The molecule has 2 rings (SSSR count). The third kappa shape index (κ3) is 11.1. The van der Waals surface area contributed by atoms with Crippen molar-refractivity contribution in [1.29, 1.82) is 0 Å². The van der Waals surface area contributed by atoms with E-state index >= 15 is 0 Å². The molecule has 10 atom stereocenters. The molecule has 6 unspecified atom stereocenters. The minimum Gasteiger partial charge on any atom is -0.463 e. The van der Waals surface area contributed by atoms with Crippen LogP contribution in [0.4, 0.5) is 0 Å².